The van der Waals surface area contributed by atoms with E-state index < -0.39 is 20.6 Å². The molecule has 1 N–H and O–H groups in total. The van der Waals surface area contributed by atoms with Gasteiger partial charge in [0.05, 0.1) is 4.92 Å². The Labute approximate surface area is 147 Å². The molecule has 0 saturated carbocycles. The van der Waals surface area contributed by atoms with Crippen LogP contribution in [0.25, 0.3) is 0 Å². The molecule has 0 aliphatic heterocycles. The summed E-state index contributed by atoms with van der Waals surface area (Å²) < 4.78 is 27.7. The zero-order valence-electron chi connectivity index (χ0n) is 14.3. The fourth-order valence-electron chi connectivity index (χ4n) is 2.49. The largest absolute Gasteiger partial charge is 0.371 e. The maximum atomic E-state index is 12.6. The van der Waals surface area contributed by atoms with Gasteiger partial charge in [-0.3, -0.25) is 10.1 Å². The highest BCUT2D eigenvalue weighted by molar-refractivity contribution is 7.89. The van der Waals surface area contributed by atoms with Crippen molar-refractivity contribution in [3.63, 3.8) is 0 Å². The van der Waals surface area contributed by atoms with Crippen LogP contribution in [0.1, 0.15) is 12.5 Å². The molecule has 1 atom stereocenters. The SMILES string of the molecule is Cc1cccc([N+](=O)[O-])c1S(=O)(=O)NCC(C)N(C)c1ccccc1. The number of anilines is 1. The van der Waals surface area contributed by atoms with Crippen LogP contribution in [0, 0.1) is 17.0 Å². The second-order valence-corrected chi connectivity index (χ2v) is 7.53. The number of hydrogen-bond donors (Lipinski definition) is 1. The van der Waals surface area contributed by atoms with Crippen molar-refractivity contribution in [2.45, 2.75) is 24.8 Å². The Balaban J connectivity index is 2.19. The third kappa shape index (κ3) is 4.34. The van der Waals surface area contributed by atoms with Gasteiger partial charge in [0, 0.05) is 31.4 Å². The molecule has 0 aromatic heterocycles. The van der Waals surface area contributed by atoms with Crippen LogP contribution in [0.15, 0.2) is 53.4 Å². The van der Waals surface area contributed by atoms with Gasteiger partial charge in [0.2, 0.25) is 10.0 Å². The quantitative estimate of drug-likeness (QED) is 0.603. The van der Waals surface area contributed by atoms with Gasteiger partial charge in [0.25, 0.3) is 5.69 Å². The van der Waals surface area contributed by atoms with E-state index in [4.69, 9.17) is 0 Å². The van der Waals surface area contributed by atoms with Gasteiger partial charge in [-0.1, -0.05) is 30.3 Å². The number of sulfonamides is 1. The molecule has 1 unspecified atom stereocenters. The first kappa shape index (κ1) is 18.9. The number of likely N-dealkylation sites (N-methyl/N-ethyl adjacent to an activating group) is 1. The van der Waals surface area contributed by atoms with E-state index in [0.29, 0.717) is 5.56 Å². The summed E-state index contributed by atoms with van der Waals surface area (Å²) in [7, 11) is -2.13. The molecule has 0 amide bonds. The lowest BCUT2D eigenvalue weighted by Crippen LogP contribution is -2.40. The number of rotatable bonds is 7. The van der Waals surface area contributed by atoms with Gasteiger partial charge >= 0.3 is 0 Å². The van der Waals surface area contributed by atoms with Crippen molar-refractivity contribution in [1.29, 1.82) is 0 Å². The molecule has 0 radical (unpaired) electrons. The Hall–Kier alpha value is -2.45. The number of nitrogens with one attached hydrogen (secondary N) is 1. The Morgan fingerprint density at radius 1 is 1.16 bits per heavy atom. The van der Waals surface area contributed by atoms with Crippen molar-refractivity contribution in [2.75, 3.05) is 18.5 Å². The molecule has 0 bridgehead atoms. The molecule has 2 aromatic carbocycles. The summed E-state index contributed by atoms with van der Waals surface area (Å²) in [6.07, 6.45) is 0. The lowest BCUT2D eigenvalue weighted by atomic mass is 10.2. The Morgan fingerprint density at radius 3 is 2.40 bits per heavy atom. The number of hydrogen-bond acceptors (Lipinski definition) is 5. The fraction of sp³-hybridized carbons (Fsp3) is 0.294. The van der Waals surface area contributed by atoms with E-state index in [-0.39, 0.29) is 17.5 Å². The summed E-state index contributed by atoms with van der Waals surface area (Å²) in [6.45, 7) is 3.54. The highest BCUT2D eigenvalue weighted by atomic mass is 32.2. The summed E-state index contributed by atoms with van der Waals surface area (Å²) >= 11 is 0. The molecule has 2 rings (SSSR count). The summed E-state index contributed by atoms with van der Waals surface area (Å²) in [6, 6.07) is 13.6. The van der Waals surface area contributed by atoms with Crippen LogP contribution in [0.4, 0.5) is 11.4 Å². The molecule has 0 saturated heterocycles. The lowest BCUT2D eigenvalue weighted by molar-refractivity contribution is -0.387. The van der Waals surface area contributed by atoms with E-state index in [1.165, 1.54) is 12.1 Å². The first-order valence-electron chi connectivity index (χ1n) is 7.75. The van der Waals surface area contributed by atoms with Crippen LogP contribution in [-0.2, 0) is 10.0 Å². The molecule has 2 aromatic rings. The zero-order chi connectivity index (χ0) is 18.6. The summed E-state index contributed by atoms with van der Waals surface area (Å²) in [5.74, 6) is 0. The average molecular weight is 363 g/mol. The van der Waals surface area contributed by atoms with Crippen molar-refractivity contribution in [3.8, 4) is 0 Å². The second-order valence-electron chi connectivity index (χ2n) is 5.83. The van der Waals surface area contributed by atoms with Crippen LogP contribution in [0.5, 0.6) is 0 Å². The van der Waals surface area contributed by atoms with E-state index in [0.717, 1.165) is 5.69 Å². The van der Waals surface area contributed by atoms with Crippen LogP contribution in [0.3, 0.4) is 0 Å². The minimum absolute atomic E-state index is 0.124. The van der Waals surface area contributed by atoms with E-state index in [2.05, 4.69) is 4.72 Å². The van der Waals surface area contributed by atoms with E-state index >= 15 is 0 Å². The minimum atomic E-state index is -4.00. The number of benzene rings is 2. The summed E-state index contributed by atoms with van der Waals surface area (Å²) in [5.41, 5.74) is 0.874. The Kier molecular flexibility index (Phi) is 5.76. The predicted molar refractivity (Wildman–Crippen MR) is 97.3 cm³/mol. The lowest BCUT2D eigenvalue weighted by Gasteiger charge is -2.27. The first-order valence-corrected chi connectivity index (χ1v) is 9.24. The Morgan fingerprint density at radius 2 is 1.80 bits per heavy atom. The smallest absolute Gasteiger partial charge is 0.289 e. The maximum absolute atomic E-state index is 12.6. The molecular weight excluding hydrogens is 342 g/mol. The molecule has 8 heteroatoms. The van der Waals surface area contributed by atoms with Crippen molar-refractivity contribution < 1.29 is 13.3 Å². The van der Waals surface area contributed by atoms with Gasteiger partial charge in [0.1, 0.15) is 0 Å². The minimum Gasteiger partial charge on any atom is -0.371 e. The highest BCUT2D eigenvalue weighted by Gasteiger charge is 2.28. The van der Waals surface area contributed by atoms with Crippen molar-refractivity contribution in [2.24, 2.45) is 0 Å². The van der Waals surface area contributed by atoms with Crippen molar-refractivity contribution in [3.05, 3.63) is 64.2 Å². The van der Waals surface area contributed by atoms with Crippen molar-refractivity contribution in [1.82, 2.24) is 4.72 Å². The number of nitro groups is 1. The molecular formula is C17H21N3O4S. The van der Waals surface area contributed by atoms with E-state index in [1.54, 1.807) is 13.0 Å². The second kappa shape index (κ2) is 7.62. The standard InChI is InChI=1S/C17H21N3O4S/c1-13-8-7-11-16(20(21)22)17(13)25(23,24)18-12-14(2)19(3)15-9-5-4-6-10-15/h4-11,14,18H,12H2,1-3H3. The topological polar surface area (TPSA) is 92.5 Å². The summed E-state index contributed by atoms with van der Waals surface area (Å²) in [5, 5.41) is 11.2. The van der Waals surface area contributed by atoms with Crippen molar-refractivity contribution >= 4 is 21.4 Å². The highest BCUT2D eigenvalue weighted by Crippen LogP contribution is 2.26. The molecule has 0 spiro atoms. The molecule has 0 aliphatic carbocycles. The molecule has 25 heavy (non-hydrogen) atoms. The van der Waals surface area contributed by atoms with Gasteiger partial charge < -0.3 is 4.90 Å². The molecule has 134 valence electrons. The van der Waals surface area contributed by atoms with Gasteiger partial charge in [-0.05, 0) is 31.5 Å². The number of nitro benzene ring substituents is 1. The zero-order valence-corrected chi connectivity index (χ0v) is 15.2. The van der Waals surface area contributed by atoms with Gasteiger partial charge in [-0.2, -0.15) is 0 Å². The number of aryl methyl sites for hydroxylation is 1. The van der Waals surface area contributed by atoms with Crippen LogP contribution < -0.4 is 9.62 Å². The van der Waals surface area contributed by atoms with E-state index in [1.807, 2.05) is 49.2 Å². The van der Waals surface area contributed by atoms with E-state index in [9.17, 15) is 18.5 Å². The summed E-state index contributed by atoms with van der Waals surface area (Å²) in [4.78, 5) is 12.1. The third-order valence-corrected chi connectivity index (χ3v) is 5.67. The Bertz CT molecular complexity index is 853. The normalized spacial score (nSPS) is 12.6. The predicted octanol–water partition coefficient (Wildman–Crippen LogP) is 2.71. The van der Waals surface area contributed by atoms with Crippen LogP contribution >= 0.6 is 0 Å². The molecule has 0 heterocycles. The number of para-hydroxylation sites is 1. The van der Waals surface area contributed by atoms with Gasteiger partial charge in [0.15, 0.2) is 4.90 Å². The molecule has 0 fully saturated rings. The average Bonchev–Trinajstić information content (AvgIpc) is 2.59. The molecule has 0 aliphatic rings. The van der Waals surface area contributed by atoms with Crippen LogP contribution in [-0.4, -0.2) is 33.0 Å². The maximum Gasteiger partial charge on any atom is 0.289 e. The van der Waals surface area contributed by atoms with Gasteiger partial charge in [-0.25, -0.2) is 13.1 Å². The molecule has 7 nitrogen and oxygen atoms in total. The van der Waals surface area contributed by atoms with Crippen LogP contribution in [0.2, 0.25) is 0 Å². The monoisotopic (exact) mass is 363 g/mol. The first-order chi connectivity index (χ1) is 11.7. The fourth-order valence-corrected chi connectivity index (χ4v) is 4.00. The third-order valence-electron chi connectivity index (χ3n) is 4.05. The number of nitrogens with zero attached hydrogens (tertiary/aromatic N) is 2. The van der Waals surface area contributed by atoms with Gasteiger partial charge in [-0.15, -0.1) is 0 Å².